The number of carbonyl (C=O) groups excluding carboxylic acids is 1. The van der Waals surface area contributed by atoms with E-state index in [1.165, 1.54) is 0 Å². The Bertz CT molecular complexity index is 870. The van der Waals surface area contributed by atoms with Crippen LogP contribution in [0.4, 0.5) is 0 Å². The number of benzene rings is 2. The van der Waals surface area contributed by atoms with E-state index in [2.05, 4.69) is 0 Å². The molecule has 1 heterocycles. The van der Waals surface area contributed by atoms with E-state index in [-0.39, 0.29) is 0 Å². The predicted octanol–water partition coefficient (Wildman–Crippen LogP) is 4.17. The Morgan fingerprint density at radius 3 is 2.65 bits per heavy atom. The van der Waals surface area contributed by atoms with E-state index >= 15 is 0 Å². The summed E-state index contributed by atoms with van der Waals surface area (Å²) in [5, 5.41) is 1.47. The third-order valence-electron chi connectivity index (χ3n) is 3.77. The van der Waals surface area contributed by atoms with Gasteiger partial charge in [-0.25, -0.2) is 0 Å². The monoisotopic (exact) mass is 329 g/mol. The minimum Gasteiger partial charge on any atom is -0.497 e. The smallest absolute Gasteiger partial charge is 0.152 e. The Morgan fingerprint density at radius 1 is 1.17 bits per heavy atom. The summed E-state index contributed by atoms with van der Waals surface area (Å²) in [5.74, 6) is 1.29. The van der Waals surface area contributed by atoms with Crippen LogP contribution < -0.4 is 9.47 Å². The van der Waals surface area contributed by atoms with Crippen LogP contribution in [-0.4, -0.2) is 25.1 Å². The van der Waals surface area contributed by atoms with Gasteiger partial charge in [0.05, 0.1) is 25.1 Å². The molecule has 0 saturated heterocycles. The molecule has 0 aliphatic carbocycles. The summed E-state index contributed by atoms with van der Waals surface area (Å²) in [6.45, 7) is 0.598. The number of hydrogen-bond donors (Lipinski definition) is 0. The lowest BCUT2D eigenvalue weighted by molar-refractivity contribution is 0.112. The van der Waals surface area contributed by atoms with E-state index in [1.54, 1.807) is 20.3 Å². The molecular weight excluding hydrogens is 314 g/mol. The molecule has 0 aliphatic rings. The average Bonchev–Trinajstić information content (AvgIpc) is 2.92. The second kappa shape index (κ2) is 6.34. The quantitative estimate of drug-likeness (QED) is 0.659. The van der Waals surface area contributed by atoms with Gasteiger partial charge in [-0.3, -0.25) is 4.79 Å². The fraction of sp³-hybridized carbons (Fsp3) is 0.167. The molecule has 0 saturated carbocycles. The average molecular weight is 330 g/mol. The van der Waals surface area contributed by atoms with Gasteiger partial charge in [0.2, 0.25) is 0 Å². The van der Waals surface area contributed by atoms with Crippen LogP contribution in [0.5, 0.6) is 11.5 Å². The molecule has 1 aromatic heterocycles. The van der Waals surface area contributed by atoms with E-state index in [4.69, 9.17) is 21.1 Å². The minimum atomic E-state index is 0.585. The van der Waals surface area contributed by atoms with Gasteiger partial charge in [0.25, 0.3) is 0 Å². The molecule has 0 unspecified atom stereocenters. The number of fused-ring (bicyclic) bond motifs is 1. The number of nitrogens with zero attached hydrogens (tertiary/aromatic N) is 1. The van der Waals surface area contributed by atoms with Crippen molar-refractivity contribution >= 4 is 28.8 Å². The molecule has 0 aliphatic heterocycles. The summed E-state index contributed by atoms with van der Waals surface area (Å²) >= 11 is 6.05. The zero-order chi connectivity index (χ0) is 16.4. The molecule has 23 heavy (non-hydrogen) atoms. The van der Waals surface area contributed by atoms with Gasteiger partial charge in [-0.15, -0.1) is 0 Å². The van der Waals surface area contributed by atoms with Crippen molar-refractivity contribution in [1.29, 1.82) is 0 Å². The van der Waals surface area contributed by atoms with Gasteiger partial charge in [-0.2, -0.15) is 0 Å². The van der Waals surface area contributed by atoms with E-state index in [0.29, 0.717) is 28.6 Å². The SMILES string of the molecule is COc1cc(OC)c2c(C=O)cn(Cc3cccc(Cl)c3)c2c1. The Kier molecular flexibility index (Phi) is 4.26. The predicted molar refractivity (Wildman–Crippen MR) is 91.0 cm³/mol. The number of carbonyl (C=O) groups is 1. The summed E-state index contributed by atoms with van der Waals surface area (Å²) in [7, 11) is 3.18. The highest BCUT2D eigenvalue weighted by Crippen LogP contribution is 2.34. The maximum atomic E-state index is 11.4. The van der Waals surface area contributed by atoms with Crippen molar-refractivity contribution in [2.24, 2.45) is 0 Å². The first-order valence-corrected chi connectivity index (χ1v) is 7.48. The molecule has 0 spiro atoms. The molecule has 4 nitrogen and oxygen atoms in total. The Labute approximate surface area is 139 Å². The minimum absolute atomic E-state index is 0.585. The Hall–Kier alpha value is -2.46. The maximum Gasteiger partial charge on any atom is 0.152 e. The fourth-order valence-electron chi connectivity index (χ4n) is 2.73. The summed E-state index contributed by atoms with van der Waals surface area (Å²) in [6.07, 6.45) is 2.66. The van der Waals surface area contributed by atoms with Gasteiger partial charge in [0.1, 0.15) is 11.5 Å². The Balaban J connectivity index is 2.18. The second-order valence-electron chi connectivity index (χ2n) is 5.18. The lowest BCUT2D eigenvalue weighted by Gasteiger charge is -2.10. The number of ether oxygens (including phenoxy) is 2. The Morgan fingerprint density at radius 2 is 2.00 bits per heavy atom. The molecule has 0 radical (unpaired) electrons. The van der Waals surface area contributed by atoms with Crippen molar-refractivity contribution in [3.8, 4) is 11.5 Å². The van der Waals surface area contributed by atoms with Crippen LogP contribution in [0.15, 0.2) is 42.6 Å². The van der Waals surface area contributed by atoms with Crippen LogP contribution >= 0.6 is 11.6 Å². The highest BCUT2D eigenvalue weighted by atomic mass is 35.5. The van der Waals surface area contributed by atoms with Gasteiger partial charge in [-0.05, 0) is 17.7 Å². The number of methoxy groups -OCH3 is 2. The number of rotatable bonds is 5. The van der Waals surface area contributed by atoms with Crippen molar-refractivity contribution in [2.75, 3.05) is 14.2 Å². The van der Waals surface area contributed by atoms with Crippen LogP contribution in [0.25, 0.3) is 10.9 Å². The molecule has 5 heteroatoms. The van der Waals surface area contributed by atoms with Crippen LogP contribution in [0.3, 0.4) is 0 Å². The zero-order valence-electron chi connectivity index (χ0n) is 12.9. The standard InChI is InChI=1S/C18H16ClNO3/c1-22-15-7-16-18(17(8-15)23-2)13(11-21)10-20(16)9-12-4-3-5-14(19)6-12/h3-8,10-11H,9H2,1-2H3. The lowest BCUT2D eigenvalue weighted by atomic mass is 10.1. The highest BCUT2D eigenvalue weighted by molar-refractivity contribution is 6.30. The topological polar surface area (TPSA) is 40.5 Å². The third-order valence-corrected chi connectivity index (χ3v) is 4.01. The molecule has 118 valence electrons. The van der Waals surface area contributed by atoms with Crippen molar-refractivity contribution in [3.05, 3.63) is 58.7 Å². The molecule has 0 bridgehead atoms. The van der Waals surface area contributed by atoms with Crippen molar-refractivity contribution in [2.45, 2.75) is 6.54 Å². The van der Waals surface area contributed by atoms with E-state index < -0.39 is 0 Å². The third kappa shape index (κ3) is 2.90. The normalized spacial score (nSPS) is 10.7. The van der Waals surface area contributed by atoms with Crippen molar-refractivity contribution < 1.29 is 14.3 Å². The molecule has 0 fully saturated rings. The first-order chi connectivity index (χ1) is 11.2. The molecule has 0 amide bonds. The molecule has 0 atom stereocenters. The summed E-state index contributed by atoms with van der Waals surface area (Å²) in [4.78, 5) is 11.4. The highest BCUT2D eigenvalue weighted by Gasteiger charge is 2.15. The van der Waals surface area contributed by atoms with Crippen LogP contribution in [0, 0.1) is 0 Å². The molecular formula is C18H16ClNO3. The maximum absolute atomic E-state index is 11.4. The first-order valence-electron chi connectivity index (χ1n) is 7.10. The molecule has 3 aromatic rings. The summed E-state index contributed by atoms with van der Waals surface area (Å²) in [6, 6.07) is 11.3. The van der Waals surface area contributed by atoms with Crippen LogP contribution in [0.1, 0.15) is 15.9 Å². The number of hydrogen-bond acceptors (Lipinski definition) is 3. The zero-order valence-corrected chi connectivity index (χ0v) is 13.6. The van der Waals surface area contributed by atoms with Crippen LogP contribution in [0.2, 0.25) is 5.02 Å². The van der Waals surface area contributed by atoms with Gasteiger partial charge < -0.3 is 14.0 Å². The van der Waals surface area contributed by atoms with Gasteiger partial charge in [-0.1, -0.05) is 23.7 Å². The molecule has 3 rings (SSSR count). The van der Waals surface area contributed by atoms with E-state index in [0.717, 1.165) is 22.8 Å². The first kappa shape index (κ1) is 15.4. The fourth-order valence-corrected chi connectivity index (χ4v) is 2.94. The number of aromatic nitrogens is 1. The van der Waals surface area contributed by atoms with Crippen molar-refractivity contribution in [3.63, 3.8) is 0 Å². The number of aldehydes is 1. The number of halogens is 1. The summed E-state index contributed by atoms with van der Waals surface area (Å²) in [5.41, 5.74) is 2.51. The second-order valence-corrected chi connectivity index (χ2v) is 5.62. The largest absolute Gasteiger partial charge is 0.497 e. The molecule has 2 aromatic carbocycles. The van der Waals surface area contributed by atoms with Gasteiger partial charge in [0.15, 0.2) is 6.29 Å². The van der Waals surface area contributed by atoms with Crippen LogP contribution in [-0.2, 0) is 6.54 Å². The molecule has 0 N–H and O–H groups in total. The lowest BCUT2D eigenvalue weighted by Crippen LogP contribution is -1.98. The summed E-state index contributed by atoms with van der Waals surface area (Å²) < 4.78 is 12.7. The van der Waals surface area contributed by atoms with E-state index in [1.807, 2.05) is 41.1 Å². The van der Waals surface area contributed by atoms with Gasteiger partial charge >= 0.3 is 0 Å². The van der Waals surface area contributed by atoms with E-state index in [9.17, 15) is 4.79 Å². The van der Waals surface area contributed by atoms with Gasteiger partial charge in [0, 0.05) is 35.5 Å². The van der Waals surface area contributed by atoms with Crippen molar-refractivity contribution in [1.82, 2.24) is 4.57 Å².